The van der Waals surface area contributed by atoms with Gasteiger partial charge in [-0.15, -0.1) is 0 Å². The highest BCUT2D eigenvalue weighted by Gasteiger charge is 2.48. The number of anilines is 1. The average Bonchev–Trinajstić information content (AvgIpc) is 3.30. The highest BCUT2D eigenvalue weighted by atomic mass is 19.1. The number of methoxy groups -OCH3 is 1. The molecule has 3 aromatic rings. The van der Waals surface area contributed by atoms with Crippen LogP contribution in [0.3, 0.4) is 0 Å². The van der Waals surface area contributed by atoms with E-state index in [-0.39, 0.29) is 24.2 Å². The molecule has 9 nitrogen and oxygen atoms in total. The molecule has 5 rings (SSSR count). The molecular formula is C30H31FN4O5. The molecule has 2 fully saturated rings. The van der Waals surface area contributed by atoms with Crippen molar-refractivity contribution < 1.29 is 28.2 Å². The Labute approximate surface area is 232 Å². The van der Waals surface area contributed by atoms with Gasteiger partial charge in [0.2, 0.25) is 5.91 Å². The molecule has 2 unspecified atom stereocenters. The van der Waals surface area contributed by atoms with Crippen molar-refractivity contribution in [3.05, 3.63) is 95.3 Å². The van der Waals surface area contributed by atoms with Crippen molar-refractivity contribution in [2.45, 2.75) is 18.7 Å². The van der Waals surface area contributed by atoms with Gasteiger partial charge in [-0.05, 0) is 60.6 Å². The van der Waals surface area contributed by atoms with Gasteiger partial charge in [-0.25, -0.2) is 9.18 Å². The predicted octanol–water partition coefficient (Wildman–Crippen LogP) is 3.92. The first-order chi connectivity index (χ1) is 19.3. The normalized spacial score (nSPS) is 19.3. The van der Waals surface area contributed by atoms with Gasteiger partial charge in [0.05, 0.1) is 13.7 Å². The molecule has 2 atom stereocenters. The average molecular weight is 547 g/mol. The molecule has 2 heterocycles. The van der Waals surface area contributed by atoms with Crippen molar-refractivity contribution in [1.82, 2.24) is 14.7 Å². The second-order valence-corrected chi connectivity index (χ2v) is 9.94. The van der Waals surface area contributed by atoms with Crippen molar-refractivity contribution in [2.24, 2.45) is 0 Å². The Morgan fingerprint density at radius 1 is 1.00 bits per heavy atom. The third kappa shape index (κ3) is 5.91. The molecular weight excluding hydrogens is 515 g/mol. The summed E-state index contributed by atoms with van der Waals surface area (Å²) in [5.74, 6) is -0.296. The number of halogens is 1. The van der Waals surface area contributed by atoms with Crippen molar-refractivity contribution in [3.63, 3.8) is 0 Å². The number of likely N-dealkylation sites (N-methyl/N-ethyl adjacent to an activating group) is 1. The molecule has 2 saturated heterocycles. The first-order valence-electron chi connectivity index (χ1n) is 13.1. The zero-order chi connectivity index (χ0) is 28.2. The fourth-order valence-electron chi connectivity index (χ4n) is 4.92. The highest BCUT2D eigenvalue weighted by Crippen LogP contribution is 2.35. The summed E-state index contributed by atoms with van der Waals surface area (Å²) < 4.78 is 24.4. The van der Waals surface area contributed by atoms with Gasteiger partial charge in [-0.1, -0.05) is 30.3 Å². The van der Waals surface area contributed by atoms with Crippen LogP contribution in [0.15, 0.2) is 72.8 Å². The minimum Gasteiger partial charge on any atom is -0.497 e. The van der Waals surface area contributed by atoms with E-state index in [4.69, 9.17) is 9.47 Å². The summed E-state index contributed by atoms with van der Waals surface area (Å²) in [5.41, 5.74) is 2.31. The van der Waals surface area contributed by atoms with E-state index in [9.17, 15) is 18.8 Å². The largest absolute Gasteiger partial charge is 0.497 e. The summed E-state index contributed by atoms with van der Waals surface area (Å²) >= 11 is 0. The fourth-order valence-corrected chi connectivity index (χ4v) is 4.92. The first kappa shape index (κ1) is 27.1. The molecule has 0 saturated carbocycles. The Balaban J connectivity index is 1.37. The molecule has 40 heavy (non-hydrogen) atoms. The fraction of sp³-hybridized carbons (Fsp3) is 0.300. The Morgan fingerprint density at radius 2 is 1.70 bits per heavy atom. The van der Waals surface area contributed by atoms with Gasteiger partial charge in [0.15, 0.2) is 12.1 Å². The Morgan fingerprint density at radius 3 is 2.38 bits per heavy atom. The van der Waals surface area contributed by atoms with Crippen molar-refractivity contribution in [1.29, 1.82) is 0 Å². The third-order valence-electron chi connectivity index (χ3n) is 7.25. The maximum absolute atomic E-state index is 13.8. The summed E-state index contributed by atoms with van der Waals surface area (Å²) in [6.45, 7) is 2.67. The number of cyclic esters (lactones) is 1. The molecule has 208 valence electrons. The molecule has 0 bridgehead atoms. The van der Waals surface area contributed by atoms with E-state index < -0.39 is 18.2 Å². The molecule has 2 aliphatic heterocycles. The molecule has 0 aromatic heterocycles. The quantitative estimate of drug-likeness (QED) is 0.483. The minimum atomic E-state index is -0.891. The van der Waals surface area contributed by atoms with Crippen LogP contribution < -0.4 is 10.1 Å². The number of nitrogens with zero attached hydrogens (tertiary/aromatic N) is 3. The lowest BCUT2D eigenvalue weighted by molar-refractivity contribution is -0.138. The summed E-state index contributed by atoms with van der Waals surface area (Å²) in [6.07, 6.45) is -1.46. The Bertz CT molecular complexity index is 1370. The lowest BCUT2D eigenvalue weighted by Gasteiger charge is -2.36. The Kier molecular flexibility index (Phi) is 7.97. The van der Waals surface area contributed by atoms with Gasteiger partial charge in [-0.3, -0.25) is 14.5 Å². The number of hydrogen-bond acceptors (Lipinski definition) is 6. The smallest absolute Gasteiger partial charge is 0.411 e. The van der Waals surface area contributed by atoms with E-state index in [2.05, 4.69) is 10.2 Å². The zero-order valence-corrected chi connectivity index (χ0v) is 22.4. The topological polar surface area (TPSA) is 91.4 Å². The van der Waals surface area contributed by atoms with Gasteiger partial charge in [0, 0.05) is 37.4 Å². The number of ether oxygens (including phenoxy) is 2. The van der Waals surface area contributed by atoms with E-state index >= 15 is 0 Å². The summed E-state index contributed by atoms with van der Waals surface area (Å²) in [5, 5.41) is 2.85. The van der Waals surface area contributed by atoms with Crippen LogP contribution in [0, 0.1) is 5.82 Å². The minimum absolute atomic E-state index is 0.106. The van der Waals surface area contributed by atoms with Crippen LogP contribution in [0.4, 0.5) is 14.9 Å². The van der Waals surface area contributed by atoms with E-state index in [1.807, 2.05) is 7.05 Å². The molecule has 0 aliphatic carbocycles. The van der Waals surface area contributed by atoms with Crippen LogP contribution in [-0.2, 0) is 16.1 Å². The van der Waals surface area contributed by atoms with Crippen molar-refractivity contribution in [3.8, 4) is 5.75 Å². The van der Waals surface area contributed by atoms with Crippen LogP contribution in [0.1, 0.15) is 27.6 Å². The second kappa shape index (κ2) is 11.7. The number of rotatable bonds is 7. The van der Waals surface area contributed by atoms with Gasteiger partial charge in [-0.2, -0.15) is 0 Å². The van der Waals surface area contributed by atoms with Crippen molar-refractivity contribution >= 4 is 23.6 Å². The van der Waals surface area contributed by atoms with E-state index in [1.54, 1.807) is 65.6 Å². The number of amides is 3. The second-order valence-electron chi connectivity index (χ2n) is 9.94. The monoisotopic (exact) mass is 546 g/mol. The lowest BCUT2D eigenvalue weighted by Crippen LogP contribution is -2.54. The number of carbonyl (C=O) groups excluding carboxylic acids is 3. The van der Waals surface area contributed by atoms with Gasteiger partial charge < -0.3 is 24.6 Å². The van der Waals surface area contributed by atoms with Crippen LogP contribution in [-0.4, -0.2) is 79.0 Å². The predicted molar refractivity (Wildman–Crippen MR) is 146 cm³/mol. The molecule has 3 amide bonds. The van der Waals surface area contributed by atoms with Gasteiger partial charge >= 0.3 is 6.09 Å². The standard InChI is InChI=1S/C30H31FN4O5/c1-33-14-16-34(17-15-33)29(37)26-27(40-30(38)35(26)19-20-6-10-23(31)11-7-20)21-8-12-24(13-9-21)32-28(36)22-4-3-5-25(18-22)39-2/h3-13,18,26-27H,14-17,19H2,1-2H3,(H,32,36). The van der Waals surface area contributed by atoms with Gasteiger partial charge in [0.25, 0.3) is 5.91 Å². The molecule has 3 aromatic carbocycles. The van der Waals surface area contributed by atoms with Crippen LogP contribution in [0.5, 0.6) is 5.75 Å². The zero-order valence-electron chi connectivity index (χ0n) is 22.4. The molecule has 0 radical (unpaired) electrons. The number of nitrogens with one attached hydrogen (secondary N) is 1. The third-order valence-corrected chi connectivity index (χ3v) is 7.25. The maximum atomic E-state index is 13.8. The summed E-state index contributed by atoms with van der Waals surface area (Å²) in [4.78, 5) is 44.9. The Hall–Kier alpha value is -4.44. The lowest BCUT2D eigenvalue weighted by atomic mass is 9.99. The van der Waals surface area contributed by atoms with Crippen LogP contribution >= 0.6 is 0 Å². The van der Waals surface area contributed by atoms with Crippen LogP contribution in [0.25, 0.3) is 0 Å². The number of benzene rings is 3. The van der Waals surface area contributed by atoms with Crippen molar-refractivity contribution in [2.75, 3.05) is 45.7 Å². The molecule has 2 aliphatic rings. The van der Waals surface area contributed by atoms with E-state index in [0.29, 0.717) is 41.2 Å². The van der Waals surface area contributed by atoms with E-state index in [1.165, 1.54) is 24.1 Å². The van der Waals surface area contributed by atoms with E-state index in [0.717, 1.165) is 13.1 Å². The SMILES string of the molecule is COc1cccc(C(=O)Nc2ccc(C3OC(=O)N(Cc4ccc(F)cc4)C3C(=O)N3CCN(C)CC3)cc2)c1. The highest BCUT2D eigenvalue weighted by molar-refractivity contribution is 6.04. The summed E-state index contributed by atoms with van der Waals surface area (Å²) in [6, 6.07) is 18.7. The van der Waals surface area contributed by atoms with Gasteiger partial charge in [0.1, 0.15) is 11.6 Å². The number of hydrogen-bond donors (Lipinski definition) is 1. The molecule has 0 spiro atoms. The number of carbonyl (C=O) groups is 3. The maximum Gasteiger partial charge on any atom is 0.411 e. The summed E-state index contributed by atoms with van der Waals surface area (Å²) in [7, 11) is 3.54. The molecule has 10 heteroatoms. The number of piperazine rings is 1. The van der Waals surface area contributed by atoms with Crippen LogP contribution in [0.2, 0.25) is 0 Å². The molecule has 1 N–H and O–H groups in total. The first-order valence-corrected chi connectivity index (χ1v) is 13.1.